The van der Waals surface area contributed by atoms with Gasteiger partial charge in [-0.2, -0.15) is 0 Å². The lowest BCUT2D eigenvalue weighted by molar-refractivity contribution is 0.0711. The van der Waals surface area contributed by atoms with Gasteiger partial charge in [0.15, 0.2) is 0 Å². The number of halogens is 2. The fraction of sp³-hybridized carbons (Fsp3) is 0.385. The molecule has 1 aromatic rings. The van der Waals surface area contributed by atoms with Gasteiger partial charge in [-0.1, -0.05) is 32.7 Å². The summed E-state index contributed by atoms with van der Waals surface area (Å²) in [5, 5.41) is 11.9. The molecule has 1 amide bonds. The van der Waals surface area contributed by atoms with Crippen molar-refractivity contribution in [2.24, 2.45) is 10.9 Å². The molecule has 1 rings (SSSR count). The van der Waals surface area contributed by atoms with Crippen LogP contribution in [0.4, 0.5) is 0 Å². The van der Waals surface area contributed by atoms with E-state index in [4.69, 9.17) is 22.5 Å². The highest BCUT2D eigenvalue weighted by atomic mass is 79.9. The highest BCUT2D eigenvalue weighted by molar-refractivity contribution is 9.10. The van der Waals surface area contributed by atoms with Crippen molar-refractivity contribution in [1.82, 2.24) is 4.90 Å². The van der Waals surface area contributed by atoms with Crippen molar-refractivity contribution < 1.29 is 10.0 Å². The maximum absolute atomic E-state index is 12.5. The Morgan fingerprint density at radius 3 is 2.65 bits per heavy atom. The van der Waals surface area contributed by atoms with Gasteiger partial charge in [0.25, 0.3) is 5.91 Å². The lowest BCUT2D eigenvalue weighted by Gasteiger charge is -2.26. The summed E-state index contributed by atoms with van der Waals surface area (Å²) in [5.41, 5.74) is 5.94. The molecule has 0 spiro atoms. The van der Waals surface area contributed by atoms with Crippen molar-refractivity contribution in [1.29, 1.82) is 0 Å². The molecule has 5 nitrogen and oxygen atoms in total. The average molecular weight is 363 g/mol. The number of nitrogens with zero attached hydrogens (tertiary/aromatic N) is 2. The van der Waals surface area contributed by atoms with E-state index in [9.17, 15) is 4.79 Å². The number of oxime groups is 1. The van der Waals surface area contributed by atoms with Gasteiger partial charge in [-0.25, -0.2) is 0 Å². The summed E-state index contributed by atoms with van der Waals surface area (Å²) in [5.74, 6) is -0.0512. The molecule has 1 aromatic carbocycles. The fourth-order valence-electron chi connectivity index (χ4n) is 1.72. The Morgan fingerprint density at radius 2 is 2.15 bits per heavy atom. The van der Waals surface area contributed by atoms with E-state index in [1.165, 1.54) is 0 Å². The molecule has 0 aliphatic heterocycles. The minimum atomic E-state index is -0.145. The number of carbonyl (C=O) groups excluding carboxylic acids is 1. The highest BCUT2D eigenvalue weighted by Gasteiger charge is 2.19. The summed E-state index contributed by atoms with van der Waals surface area (Å²) in [6.07, 6.45) is 0.308. The van der Waals surface area contributed by atoms with Crippen molar-refractivity contribution >= 4 is 39.3 Å². The minimum absolute atomic E-state index is 0.00764. The lowest BCUT2D eigenvalue weighted by Crippen LogP contribution is -2.39. The molecule has 0 aliphatic rings. The molecule has 0 heterocycles. The van der Waals surface area contributed by atoms with Crippen LogP contribution >= 0.6 is 27.5 Å². The van der Waals surface area contributed by atoms with Crippen LogP contribution in [0.15, 0.2) is 27.8 Å². The first-order valence-corrected chi connectivity index (χ1v) is 7.25. The predicted molar refractivity (Wildman–Crippen MR) is 83.4 cm³/mol. The third-order valence-electron chi connectivity index (χ3n) is 2.73. The van der Waals surface area contributed by atoms with Crippen LogP contribution in [0.25, 0.3) is 0 Å². The Bertz CT molecular complexity index is 500. The van der Waals surface area contributed by atoms with Gasteiger partial charge >= 0.3 is 0 Å². The standard InChI is InChI=1S/C13H17BrClN3O2/c1-8(2)18(4-3-12(16)17-20)13(19)9-5-10(14)7-11(15)6-9/h5-8,20H,3-4H2,1-2H3,(H2,16,17). The normalized spacial score (nSPS) is 11.8. The number of amides is 1. The fourth-order valence-corrected chi connectivity index (χ4v) is 2.58. The van der Waals surface area contributed by atoms with E-state index in [2.05, 4.69) is 21.1 Å². The van der Waals surface area contributed by atoms with E-state index < -0.39 is 0 Å². The topological polar surface area (TPSA) is 78.9 Å². The second-order valence-corrected chi connectivity index (χ2v) is 5.94. The zero-order chi connectivity index (χ0) is 15.3. The van der Waals surface area contributed by atoms with Gasteiger partial charge < -0.3 is 15.8 Å². The number of rotatable bonds is 5. The van der Waals surface area contributed by atoms with Crippen molar-refractivity contribution in [2.45, 2.75) is 26.3 Å². The molecule has 110 valence electrons. The lowest BCUT2D eigenvalue weighted by atomic mass is 10.1. The molecule has 0 radical (unpaired) electrons. The van der Waals surface area contributed by atoms with Gasteiger partial charge in [0.1, 0.15) is 5.84 Å². The molecule has 0 atom stereocenters. The summed E-state index contributed by atoms with van der Waals surface area (Å²) < 4.78 is 0.744. The van der Waals surface area contributed by atoms with Crippen LogP contribution in [0, 0.1) is 0 Å². The maximum atomic E-state index is 12.5. The average Bonchev–Trinajstić information content (AvgIpc) is 2.36. The van der Waals surface area contributed by atoms with Gasteiger partial charge in [0.05, 0.1) is 0 Å². The molecular weight excluding hydrogens is 346 g/mol. The van der Waals surface area contributed by atoms with Gasteiger partial charge in [0, 0.05) is 34.1 Å². The van der Waals surface area contributed by atoms with Gasteiger partial charge in [-0.3, -0.25) is 4.79 Å². The number of hydrogen-bond acceptors (Lipinski definition) is 3. The summed E-state index contributed by atoms with van der Waals surface area (Å²) in [4.78, 5) is 14.1. The second kappa shape index (κ2) is 7.50. The molecule has 7 heteroatoms. The third kappa shape index (κ3) is 4.68. The van der Waals surface area contributed by atoms with Crippen LogP contribution in [-0.4, -0.2) is 34.4 Å². The Kier molecular flexibility index (Phi) is 6.29. The zero-order valence-electron chi connectivity index (χ0n) is 11.3. The Balaban J connectivity index is 2.93. The molecule has 0 aromatic heterocycles. The molecular formula is C13H17BrClN3O2. The minimum Gasteiger partial charge on any atom is -0.409 e. The SMILES string of the molecule is CC(C)N(CC/C(N)=N/O)C(=O)c1cc(Cl)cc(Br)c1. The van der Waals surface area contributed by atoms with E-state index in [0.29, 0.717) is 23.6 Å². The first-order valence-electron chi connectivity index (χ1n) is 6.08. The van der Waals surface area contributed by atoms with Crippen LogP contribution in [0.3, 0.4) is 0 Å². The molecule has 0 saturated carbocycles. The summed E-state index contributed by atoms with van der Waals surface area (Å²) in [6, 6.07) is 5.04. The monoisotopic (exact) mass is 361 g/mol. The van der Waals surface area contributed by atoms with Crippen LogP contribution in [0.2, 0.25) is 5.02 Å². The first-order chi connectivity index (χ1) is 9.35. The third-order valence-corrected chi connectivity index (χ3v) is 3.41. The maximum Gasteiger partial charge on any atom is 0.254 e. The quantitative estimate of drug-likeness (QED) is 0.366. The first kappa shape index (κ1) is 16.8. The predicted octanol–water partition coefficient (Wildman–Crippen LogP) is 3.09. The zero-order valence-corrected chi connectivity index (χ0v) is 13.6. The number of benzene rings is 1. The molecule has 20 heavy (non-hydrogen) atoms. The Labute approximate surface area is 131 Å². The van der Waals surface area contributed by atoms with Crippen LogP contribution < -0.4 is 5.73 Å². The highest BCUT2D eigenvalue weighted by Crippen LogP contribution is 2.21. The van der Waals surface area contributed by atoms with Crippen molar-refractivity contribution in [3.05, 3.63) is 33.3 Å². The molecule has 0 fully saturated rings. The Hall–Kier alpha value is -1.27. The number of nitrogens with two attached hydrogens (primary N) is 1. The van der Waals surface area contributed by atoms with E-state index in [-0.39, 0.29) is 17.8 Å². The van der Waals surface area contributed by atoms with Crippen molar-refractivity contribution in [3.63, 3.8) is 0 Å². The van der Waals surface area contributed by atoms with E-state index in [1.807, 2.05) is 13.8 Å². The van der Waals surface area contributed by atoms with Gasteiger partial charge in [-0.05, 0) is 32.0 Å². The van der Waals surface area contributed by atoms with Gasteiger partial charge in [0.2, 0.25) is 0 Å². The van der Waals surface area contributed by atoms with Crippen LogP contribution in [0.5, 0.6) is 0 Å². The molecule has 3 N–H and O–H groups in total. The van der Waals surface area contributed by atoms with Crippen LogP contribution in [-0.2, 0) is 0 Å². The Morgan fingerprint density at radius 1 is 1.50 bits per heavy atom. The molecule has 0 aliphatic carbocycles. The van der Waals surface area contributed by atoms with Crippen LogP contribution in [0.1, 0.15) is 30.6 Å². The second-order valence-electron chi connectivity index (χ2n) is 4.59. The van der Waals surface area contributed by atoms with Gasteiger partial charge in [-0.15, -0.1) is 0 Å². The smallest absolute Gasteiger partial charge is 0.254 e. The summed E-state index contributed by atoms with van der Waals surface area (Å²) >= 11 is 9.27. The number of carbonyl (C=O) groups is 1. The van der Waals surface area contributed by atoms with E-state index in [0.717, 1.165) is 4.47 Å². The van der Waals surface area contributed by atoms with E-state index in [1.54, 1.807) is 23.1 Å². The molecule has 0 unspecified atom stereocenters. The molecule has 0 saturated heterocycles. The van der Waals surface area contributed by atoms with Crippen molar-refractivity contribution in [3.8, 4) is 0 Å². The number of amidine groups is 1. The largest absolute Gasteiger partial charge is 0.409 e. The van der Waals surface area contributed by atoms with E-state index >= 15 is 0 Å². The number of hydrogen-bond donors (Lipinski definition) is 2. The van der Waals surface area contributed by atoms with Crippen molar-refractivity contribution in [2.75, 3.05) is 6.54 Å². The summed E-state index contributed by atoms with van der Waals surface area (Å²) in [6.45, 7) is 4.18. The molecule has 0 bridgehead atoms. The summed E-state index contributed by atoms with van der Waals surface area (Å²) in [7, 11) is 0.